The number of carboxylic acid groups (broad SMARTS) is 1. The predicted molar refractivity (Wildman–Crippen MR) is 155 cm³/mol. The van der Waals surface area contributed by atoms with Crippen molar-refractivity contribution in [3.05, 3.63) is 76.8 Å². The normalized spacial score (nSPS) is 15.9. The van der Waals surface area contributed by atoms with E-state index in [1.807, 2.05) is 37.3 Å². The fraction of sp³-hybridized carbons (Fsp3) is 0.357. The van der Waals surface area contributed by atoms with E-state index < -0.39 is 32.1 Å². The van der Waals surface area contributed by atoms with Crippen molar-refractivity contribution in [3.8, 4) is 5.75 Å². The first-order valence-corrected chi connectivity index (χ1v) is 16.0. The van der Waals surface area contributed by atoms with Gasteiger partial charge in [-0.1, -0.05) is 23.8 Å². The van der Waals surface area contributed by atoms with Crippen LogP contribution < -0.4 is 9.46 Å². The molecular weight excluding hydrogens is 568 g/mol. The highest BCUT2D eigenvalue weighted by Crippen LogP contribution is 2.22. The number of hydrogen-bond donors (Lipinski definition) is 2. The van der Waals surface area contributed by atoms with Crippen LogP contribution in [0.2, 0.25) is 0 Å². The molecule has 1 aromatic heterocycles. The standard InChI is InChI=1S/C28H34N4O7S2/c1-20(2)19-40(35,36)32-14-12-31(13-15-32)27(28(33)34)17-29-41(37,38)24-10-8-23(9-11-24)39-18-22-16-21(3)30-26-7-5-4-6-25(22)26/h4-11,16,19,27,29H,12-15,17-18H2,1-3H3,(H,33,34). The van der Waals surface area contributed by atoms with Crippen LogP contribution in [0.15, 0.2) is 70.5 Å². The van der Waals surface area contributed by atoms with Crippen LogP contribution in [0.4, 0.5) is 0 Å². The molecule has 1 atom stereocenters. The molecule has 11 nitrogen and oxygen atoms in total. The minimum Gasteiger partial charge on any atom is -0.489 e. The Bertz CT molecular complexity index is 1640. The van der Waals surface area contributed by atoms with Gasteiger partial charge in [0.1, 0.15) is 18.4 Å². The number of piperazine rings is 1. The van der Waals surface area contributed by atoms with Gasteiger partial charge in [-0.15, -0.1) is 0 Å². The van der Waals surface area contributed by atoms with Crippen molar-refractivity contribution < 1.29 is 31.5 Å². The number of aliphatic carboxylic acids is 1. The highest BCUT2D eigenvalue weighted by molar-refractivity contribution is 7.92. The Hall–Kier alpha value is -3.36. The summed E-state index contributed by atoms with van der Waals surface area (Å²) in [6, 6.07) is 14.4. The lowest BCUT2D eigenvalue weighted by molar-refractivity contribution is -0.143. The topological polar surface area (TPSA) is 146 Å². The average molecular weight is 603 g/mol. The lowest BCUT2D eigenvalue weighted by Gasteiger charge is -2.36. The number of nitrogens with one attached hydrogen (secondary N) is 1. The number of pyridine rings is 1. The molecule has 0 saturated carbocycles. The average Bonchev–Trinajstić information content (AvgIpc) is 2.91. The van der Waals surface area contributed by atoms with E-state index in [-0.39, 0.29) is 44.2 Å². The number of fused-ring (bicyclic) bond motifs is 1. The van der Waals surface area contributed by atoms with Crippen molar-refractivity contribution in [2.45, 2.75) is 38.3 Å². The number of para-hydroxylation sites is 1. The number of allylic oxidation sites excluding steroid dienone is 1. The number of aromatic nitrogens is 1. The molecule has 41 heavy (non-hydrogen) atoms. The van der Waals surface area contributed by atoms with E-state index in [9.17, 15) is 26.7 Å². The molecule has 2 N–H and O–H groups in total. The third-order valence-corrected chi connectivity index (χ3v) is 9.96. The molecule has 2 aromatic carbocycles. The van der Waals surface area contributed by atoms with Crippen LogP contribution in [-0.4, -0.2) is 80.9 Å². The molecule has 1 fully saturated rings. The van der Waals surface area contributed by atoms with Crippen LogP contribution in [0.3, 0.4) is 0 Å². The molecule has 1 aliphatic rings. The lowest BCUT2D eigenvalue weighted by Crippen LogP contribution is -2.56. The first kappa shape index (κ1) is 30.6. The van der Waals surface area contributed by atoms with E-state index in [0.717, 1.165) is 22.2 Å². The summed E-state index contributed by atoms with van der Waals surface area (Å²) in [6.45, 7) is 5.73. The molecular formula is C28H34N4O7S2. The van der Waals surface area contributed by atoms with Crippen LogP contribution in [0.5, 0.6) is 5.75 Å². The summed E-state index contributed by atoms with van der Waals surface area (Å²) in [4.78, 5) is 18.0. The largest absolute Gasteiger partial charge is 0.489 e. The van der Waals surface area contributed by atoms with Gasteiger partial charge in [0, 0.05) is 54.8 Å². The number of rotatable bonds is 11. The van der Waals surface area contributed by atoms with Gasteiger partial charge in [0.25, 0.3) is 0 Å². The fourth-order valence-corrected chi connectivity index (χ4v) is 7.13. The Morgan fingerprint density at radius 1 is 1.05 bits per heavy atom. The van der Waals surface area contributed by atoms with Crippen molar-refractivity contribution in [2.75, 3.05) is 32.7 Å². The minimum atomic E-state index is -4.01. The second-order valence-corrected chi connectivity index (χ2v) is 13.6. The van der Waals surface area contributed by atoms with Gasteiger partial charge >= 0.3 is 5.97 Å². The zero-order valence-corrected chi connectivity index (χ0v) is 24.8. The zero-order valence-electron chi connectivity index (χ0n) is 23.1. The molecule has 1 saturated heterocycles. The smallest absolute Gasteiger partial charge is 0.322 e. The molecule has 0 bridgehead atoms. The Kier molecular flexibility index (Phi) is 9.44. The number of carboxylic acids is 1. The van der Waals surface area contributed by atoms with E-state index in [1.54, 1.807) is 30.9 Å². The number of aryl methyl sites for hydroxylation is 1. The Morgan fingerprint density at radius 2 is 1.71 bits per heavy atom. The molecule has 0 spiro atoms. The SMILES string of the molecule is CC(C)=CS(=O)(=O)N1CCN(C(CNS(=O)(=O)c2ccc(OCc3cc(C)nc4ccccc34)cc2)C(=O)O)CC1. The fourth-order valence-electron chi connectivity index (χ4n) is 4.68. The third-order valence-electron chi connectivity index (χ3n) is 6.67. The highest BCUT2D eigenvalue weighted by Gasteiger charge is 2.33. The molecule has 4 rings (SSSR count). The molecule has 220 valence electrons. The molecule has 0 radical (unpaired) electrons. The Balaban J connectivity index is 1.36. The Labute approximate surface area is 240 Å². The van der Waals surface area contributed by atoms with Gasteiger partial charge in [0.15, 0.2) is 0 Å². The summed E-state index contributed by atoms with van der Waals surface area (Å²) >= 11 is 0. The number of ether oxygens (including phenoxy) is 1. The van der Waals surface area contributed by atoms with Gasteiger partial charge in [-0.2, -0.15) is 4.31 Å². The minimum absolute atomic E-state index is 0.0307. The molecule has 1 aliphatic heterocycles. The molecule has 0 aliphatic carbocycles. The maximum absolute atomic E-state index is 12.9. The third kappa shape index (κ3) is 7.68. The molecule has 1 unspecified atom stereocenters. The highest BCUT2D eigenvalue weighted by atomic mass is 32.2. The number of benzene rings is 2. The van der Waals surface area contributed by atoms with Gasteiger partial charge in [-0.3, -0.25) is 14.7 Å². The summed E-state index contributed by atoms with van der Waals surface area (Å²) in [7, 11) is -7.60. The van der Waals surface area contributed by atoms with Gasteiger partial charge in [-0.25, -0.2) is 21.6 Å². The van der Waals surface area contributed by atoms with Crippen molar-refractivity contribution >= 4 is 36.9 Å². The summed E-state index contributed by atoms with van der Waals surface area (Å²) in [5.74, 6) is -0.720. The number of carbonyl (C=O) groups is 1. The quantitative estimate of drug-likeness (QED) is 0.338. The zero-order chi connectivity index (χ0) is 29.8. The van der Waals surface area contributed by atoms with Gasteiger partial charge in [0.2, 0.25) is 20.0 Å². The molecule has 13 heteroatoms. The van der Waals surface area contributed by atoms with E-state index >= 15 is 0 Å². The van der Waals surface area contributed by atoms with Crippen LogP contribution in [0, 0.1) is 6.92 Å². The lowest BCUT2D eigenvalue weighted by atomic mass is 10.1. The van der Waals surface area contributed by atoms with E-state index in [4.69, 9.17) is 4.74 Å². The molecule has 2 heterocycles. The van der Waals surface area contributed by atoms with Crippen LogP contribution in [0.25, 0.3) is 10.9 Å². The monoisotopic (exact) mass is 602 g/mol. The summed E-state index contributed by atoms with van der Waals surface area (Å²) in [6.07, 6.45) is 0. The summed E-state index contributed by atoms with van der Waals surface area (Å²) < 4.78 is 60.3. The molecule has 0 amide bonds. The summed E-state index contributed by atoms with van der Waals surface area (Å²) in [5.41, 5.74) is 3.34. The first-order chi connectivity index (χ1) is 19.4. The van der Waals surface area contributed by atoms with Crippen LogP contribution >= 0.6 is 0 Å². The number of nitrogens with zero attached hydrogens (tertiary/aromatic N) is 3. The second-order valence-electron chi connectivity index (χ2n) is 10.1. The van der Waals surface area contributed by atoms with Gasteiger partial charge in [0.05, 0.1) is 10.4 Å². The molecule has 3 aromatic rings. The number of hydrogen-bond acceptors (Lipinski definition) is 8. The van der Waals surface area contributed by atoms with Crippen molar-refractivity contribution in [2.24, 2.45) is 0 Å². The van der Waals surface area contributed by atoms with Gasteiger partial charge < -0.3 is 9.84 Å². The van der Waals surface area contributed by atoms with Gasteiger partial charge in [-0.05, 0) is 57.2 Å². The van der Waals surface area contributed by atoms with Crippen LogP contribution in [0.1, 0.15) is 25.1 Å². The first-order valence-electron chi connectivity index (χ1n) is 13.1. The van der Waals surface area contributed by atoms with Crippen molar-refractivity contribution in [1.29, 1.82) is 0 Å². The maximum Gasteiger partial charge on any atom is 0.322 e. The summed E-state index contributed by atoms with van der Waals surface area (Å²) in [5, 5.41) is 11.9. The predicted octanol–water partition coefficient (Wildman–Crippen LogP) is 2.72. The van der Waals surface area contributed by atoms with E-state index in [0.29, 0.717) is 11.3 Å². The van der Waals surface area contributed by atoms with Crippen LogP contribution in [-0.2, 0) is 31.4 Å². The second kappa shape index (κ2) is 12.7. The van der Waals surface area contributed by atoms with Crippen molar-refractivity contribution in [3.63, 3.8) is 0 Å². The maximum atomic E-state index is 12.9. The van der Waals surface area contributed by atoms with E-state index in [2.05, 4.69) is 9.71 Å². The van der Waals surface area contributed by atoms with Crippen molar-refractivity contribution in [1.82, 2.24) is 18.9 Å². The van der Waals surface area contributed by atoms with E-state index in [1.165, 1.54) is 21.8 Å². The number of sulfonamides is 2. The Morgan fingerprint density at radius 3 is 2.34 bits per heavy atom.